The molecule has 110 valence electrons. The molecule has 2 aromatic carbocycles. The van der Waals surface area contributed by atoms with E-state index in [-0.39, 0.29) is 11.7 Å². The zero-order valence-corrected chi connectivity index (χ0v) is 11.8. The van der Waals surface area contributed by atoms with E-state index in [1.54, 1.807) is 18.2 Å². The Morgan fingerprint density at radius 2 is 1.86 bits per heavy atom. The van der Waals surface area contributed by atoms with Gasteiger partial charge in [-0.3, -0.25) is 4.79 Å². The van der Waals surface area contributed by atoms with Crippen LogP contribution in [0.25, 0.3) is 0 Å². The summed E-state index contributed by atoms with van der Waals surface area (Å²) in [6, 6.07) is 10.6. The molecule has 0 aliphatic heterocycles. The normalized spacial score (nSPS) is 10.5. The van der Waals surface area contributed by atoms with Gasteiger partial charge >= 0.3 is 6.61 Å². The molecule has 2 aromatic rings. The summed E-state index contributed by atoms with van der Waals surface area (Å²) in [6.45, 7) is -1.07. The van der Waals surface area contributed by atoms with Crippen molar-refractivity contribution in [2.24, 2.45) is 0 Å². The first-order valence-electron chi connectivity index (χ1n) is 6.08. The van der Waals surface area contributed by atoms with Crippen LogP contribution in [0.15, 0.2) is 42.5 Å². The molecule has 6 heteroatoms. The number of nitrogens with one attached hydrogen (secondary N) is 1. The highest BCUT2D eigenvalue weighted by atomic mass is 35.5. The van der Waals surface area contributed by atoms with Crippen LogP contribution in [0.1, 0.15) is 15.9 Å². The number of rotatable bonds is 4. The van der Waals surface area contributed by atoms with Gasteiger partial charge in [-0.2, -0.15) is 8.78 Å². The first-order chi connectivity index (χ1) is 9.95. The molecule has 0 saturated carbocycles. The van der Waals surface area contributed by atoms with Gasteiger partial charge in [-0.15, -0.1) is 0 Å². The van der Waals surface area contributed by atoms with Gasteiger partial charge in [0.1, 0.15) is 5.75 Å². The minimum absolute atomic E-state index is 0.00391. The van der Waals surface area contributed by atoms with Crippen molar-refractivity contribution in [1.82, 2.24) is 0 Å². The fourth-order valence-corrected chi connectivity index (χ4v) is 1.98. The van der Waals surface area contributed by atoms with Crippen LogP contribution in [-0.2, 0) is 0 Å². The fourth-order valence-electron chi connectivity index (χ4n) is 1.75. The molecule has 0 aliphatic rings. The summed E-state index contributed by atoms with van der Waals surface area (Å²) in [5.41, 5.74) is 1.80. The summed E-state index contributed by atoms with van der Waals surface area (Å²) >= 11 is 5.84. The molecule has 2 rings (SSSR count). The van der Waals surface area contributed by atoms with E-state index in [9.17, 15) is 13.6 Å². The maximum Gasteiger partial charge on any atom is 0.387 e. The Kier molecular flexibility index (Phi) is 4.75. The molecule has 0 atom stereocenters. The molecule has 21 heavy (non-hydrogen) atoms. The predicted molar refractivity (Wildman–Crippen MR) is 77.2 cm³/mol. The lowest BCUT2D eigenvalue weighted by Crippen LogP contribution is -2.12. The van der Waals surface area contributed by atoms with Crippen LogP contribution in [0.2, 0.25) is 5.02 Å². The van der Waals surface area contributed by atoms with E-state index >= 15 is 0 Å². The quantitative estimate of drug-likeness (QED) is 0.902. The number of carbonyl (C=O) groups excluding carboxylic acids is 1. The van der Waals surface area contributed by atoms with E-state index in [0.717, 1.165) is 5.56 Å². The molecular weight excluding hydrogens is 300 g/mol. The third kappa shape index (κ3) is 4.16. The van der Waals surface area contributed by atoms with E-state index in [0.29, 0.717) is 16.3 Å². The van der Waals surface area contributed by atoms with Gasteiger partial charge in [0, 0.05) is 16.3 Å². The molecule has 3 nitrogen and oxygen atoms in total. The van der Waals surface area contributed by atoms with Crippen molar-refractivity contribution >= 4 is 23.2 Å². The topological polar surface area (TPSA) is 38.3 Å². The van der Waals surface area contributed by atoms with Crippen LogP contribution in [0.5, 0.6) is 5.75 Å². The van der Waals surface area contributed by atoms with Crippen LogP contribution < -0.4 is 10.1 Å². The summed E-state index contributed by atoms with van der Waals surface area (Å²) in [7, 11) is 0. The smallest absolute Gasteiger partial charge is 0.387 e. The molecule has 0 aromatic heterocycles. The van der Waals surface area contributed by atoms with Crippen LogP contribution in [-0.4, -0.2) is 12.5 Å². The number of carbonyl (C=O) groups is 1. The molecule has 0 bridgehead atoms. The van der Waals surface area contributed by atoms with Crippen LogP contribution in [0.4, 0.5) is 14.5 Å². The van der Waals surface area contributed by atoms with Gasteiger partial charge in [-0.05, 0) is 55.0 Å². The minimum Gasteiger partial charge on any atom is -0.435 e. The molecule has 1 amide bonds. The van der Waals surface area contributed by atoms with Crippen LogP contribution in [0, 0.1) is 6.92 Å². The summed E-state index contributed by atoms with van der Waals surface area (Å²) < 4.78 is 28.3. The van der Waals surface area contributed by atoms with Gasteiger partial charge in [0.25, 0.3) is 5.91 Å². The molecule has 1 N–H and O–H groups in total. The van der Waals surface area contributed by atoms with Gasteiger partial charge < -0.3 is 10.1 Å². The fraction of sp³-hybridized carbons (Fsp3) is 0.133. The molecule has 0 saturated heterocycles. The second-order valence-corrected chi connectivity index (χ2v) is 4.75. The van der Waals surface area contributed by atoms with Crippen molar-refractivity contribution in [2.75, 3.05) is 5.32 Å². The van der Waals surface area contributed by atoms with Crippen LogP contribution >= 0.6 is 11.6 Å². The number of amides is 1. The monoisotopic (exact) mass is 311 g/mol. The highest BCUT2D eigenvalue weighted by molar-refractivity contribution is 6.30. The second kappa shape index (κ2) is 6.54. The third-order valence-electron chi connectivity index (χ3n) is 2.78. The average Bonchev–Trinajstić information content (AvgIpc) is 2.42. The van der Waals surface area contributed by atoms with E-state index in [1.165, 1.54) is 24.3 Å². The highest BCUT2D eigenvalue weighted by Crippen LogP contribution is 2.21. The number of anilines is 1. The van der Waals surface area contributed by atoms with Crippen molar-refractivity contribution in [1.29, 1.82) is 0 Å². The maximum atomic E-state index is 12.1. The highest BCUT2D eigenvalue weighted by Gasteiger charge is 2.09. The van der Waals surface area contributed by atoms with Crippen LogP contribution in [0.3, 0.4) is 0 Å². The second-order valence-electron chi connectivity index (χ2n) is 4.32. The number of hydrogen-bond donors (Lipinski definition) is 1. The number of alkyl halides is 2. The summed E-state index contributed by atoms with van der Waals surface area (Å²) in [4.78, 5) is 12.1. The van der Waals surface area contributed by atoms with Crippen molar-refractivity contribution in [2.45, 2.75) is 13.5 Å². The Hall–Kier alpha value is -2.14. The zero-order chi connectivity index (χ0) is 15.4. The molecule has 0 aliphatic carbocycles. The lowest BCUT2D eigenvalue weighted by Gasteiger charge is -2.09. The number of aryl methyl sites for hydroxylation is 1. The van der Waals surface area contributed by atoms with Gasteiger partial charge in [-0.25, -0.2) is 0 Å². The first-order valence-corrected chi connectivity index (χ1v) is 6.46. The summed E-state index contributed by atoms with van der Waals surface area (Å²) in [6.07, 6.45) is 0. The minimum atomic E-state index is -2.89. The number of benzene rings is 2. The van der Waals surface area contributed by atoms with Crippen molar-refractivity contribution in [3.05, 3.63) is 58.6 Å². The first kappa shape index (κ1) is 15.3. The third-order valence-corrected chi connectivity index (χ3v) is 3.01. The summed E-state index contributed by atoms with van der Waals surface area (Å²) in [5.74, 6) is -0.340. The number of ether oxygens (including phenoxy) is 1. The lowest BCUT2D eigenvalue weighted by molar-refractivity contribution is -0.0498. The van der Waals surface area contributed by atoms with Gasteiger partial charge in [0.2, 0.25) is 0 Å². The van der Waals surface area contributed by atoms with E-state index in [2.05, 4.69) is 10.1 Å². The standard InChI is InChI=1S/C15H12ClF2NO2/c1-9-8-11(16)4-7-13(9)19-14(20)10-2-5-12(6-3-10)21-15(17)18/h2-8,15H,1H3,(H,19,20). The number of hydrogen-bond acceptors (Lipinski definition) is 2. The van der Waals surface area contributed by atoms with Crippen molar-refractivity contribution in [3.63, 3.8) is 0 Å². The van der Waals surface area contributed by atoms with E-state index in [1.807, 2.05) is 6.92 Å². The molecular formula is C15H12ClF2NO2. The largest absolute Gasteiger partial charge is 0.435 e. The van der Waals surface area contributed by atoms with Crippen molar-refractivity contribution < 1.29 is 18.3 Å². The molecule has 0 unspecified atom stereocenters. The summed E-state index contributed by atoms with van der Waals surface area (Å²) in [5, 5.41) is 3.31. The Morgan fingerprint density at radius 3 is 2.43 bits per heavy atom. The van der Waals surface area contributed by atoms with E-state index in [4.69, 9.17) is 11.6 Å². The maximum absolute atomic E-state index is 12.1. The zero-order valence-electron chi connectivity index (χ0n) is 11.1. The van der Waals surface area contributed by atoms with Gasteiger partial charge in [0.15, 0.2) is 0 Å². The molecule has 0 radical (unpaired) electrons. The average molecular weight is 312 g/mol. The number of halogens is 3. The van der Waals surface area contributed by atoms with Gasteiger partial charge in [-0.1, -0.05) is 11.6 Å². The lowest BCUT2D eigenvalue weighted by atomic mass is 10.1. The Labute approximate surface area is 125 Å². The Balaban J connectivity index is 2.09. The van der Waals surface area contributed by atoms with E-state index < -0.39 is 6.61 Å². The Morgan fingerprint density at radius 1 is 1.19 bits per heavy atom. The van der Waals surface area contributed by atoms with Gasteiger partial charge in [0.05, 0.1) is 0 Å². The molecule has 0 heterocycles. The van der Waals surface area contributed by atoms with Crippen molar-refractivity contribution in [3.8, 4) is 5.75 Å². The predicted octanol–water partition coefficient (Wildman–Crippen LogP) is 4.50. The SMILES string of the molecule is Cc1cc(Cl)ccc1NC(=O)c1ccc(OC(F)F)cc1. The molecule has 0 spiro atoms. The molecule has 0 fully saturated rings. The Bertz CT molecular complexity index is 645.